The van der Waals surface area contributed by atoms with Crippen LogP contribution in [0.5, 0.6) is 0 Å². The standard InChI is InChI=1S/C34H57N5O7S/c1-6-14-24(28(40)30(42)35-19-7-2)36-29(41)27-25-23(33(25,3)4)20-39(27)31(43)26(22-15-10-8-11-16-22)37-32(44)38-34(21-47-46-45-5)17-12-9-13-18-34/h22-27H,6-21H2,1-5H3,(H,35,42)(H,36,41)(H2,37,38,44)/t23?,24?,25-,26-,27-/m0/s1. The molecule has 4 rings (SSSR count). The van der Waals surface area contributed by atoms with E-state index in [0.29, 0.717) is 38.1 Å². The summed E-state index contributed by atoms with van der Waals surface area (Å²) in [6.07, 6.45) is 11.0. The molecular formula is C34H57N5O7S. The van der Waals surface area contributed by atoms with Crippen molar-refractivity contribution in [2.24, 2.45) is 23.2 Å². The Morgan fingerprint density at radius 2 is 1.62 bits per heavy atom. The summed E-state index contributed by atoms with van der Waals surface area (Å²) < 4.78 is 5.08. The summed E-state index contributed by atoms with van der Waals surface area (Å²) in [7, 11) is 1.45. The number of rotatable bonds is 16. The molecule has 0 spiro atoms. The Bertz CT molecular complexity index is 1120. The van der Waals surface area contributed by atoms with E-state index in [1.165, 1.54) is 7.11 Å². The molecule has 4 aliphatic rings. The van der Waals surface area contributed by atoms with Crippen LogP contribution in [0.1, 0.15) is 111 Å². The Kier molecular flexibility index (Phi) is 13.4. The van der Waals surface area contributed by atoms with Crippen LogP contribution >= 0.6 is 12.0 Å². The lowest BCUT2D eigenvalue weighted by molar-refractivity contribution is -0.160. The van der Waals surface area contributed by atoms with Gasteiger partial charge >= 0.3 is 6.03 Å². The molecule has 47 heavy (non-hydrogen) atoms. The van der Waals surface area contributed by atoms with Gasteiger partial charge in [-0.15, -0.1) is 0 Å². The number of amides is 5. The van der Waals surface area contributed by atoms with Gasteiger partial charge in [0.2, 0.25) is 17.6 Å². The average Bonchev–Trinajstić information content (AvgIpc) is 3.36. The molecule has 12 nitrogen and oxygen atoms in total. The van der Waals surface area contributed by atoms with E-state index >= 15 is 0 Å². The van der Waals surface area contributed by atoms with Gasteiger partial charge in [0, 0.05) is 30.9 Å². The van der Waals surface area contributed by atoms with Crippen molar-refractivity contribution >= 4 is 41.6 Å². The molecule has 1 saturated heterocycles. The highest BCUT2D eigenvalue weighted by atomic mass is 32.2. The first-order valence-corrected chi connectivity index (χ1v) is 18.7. The fourth-order valence-corrected chi connectivity index (χ4v) is 9.01. The predicted octanol–water partition coefficient (Wildman–Crippen LogP) is 4.03. The minimum absolute atomic E-state index is 0.0409. The molecule has 3 saturated carbocycles. The van der Waals surface area contributed by atoms with Crippen molar-refractivity contribution in [1.82, 2.24) is 26.2 Å². The first-order chi connectivity index (χ1) is 22.5. The van der Waals surface area contributed by atoms with Gasteiger partial charge in [-0.3, -0.25) is 19.2 Å². The van der Waals surface area contributed by atoms with E-state index in [9.17, 15) is 24.0 Å². The monoisotopic (exact) mass is 679 g/mol. The van der Waals surface area contributed by atoms with Crippen LogP contribution in [0.2, 0.25) is 0 Å². The molecule has 5 atom stereocenters. The lowest BCUT2D eigenvalue weighted by Gasteiger charge is -2.40. The summed E-state index contributed by atoms with van der Waals surface area (Å²) in [5, 5.41) is 11.8. The number of carbonyl (C=O) groups excluding carboxylic acids is 5. The molecule has 1 heterocycles. The third-order valence-electron chi connectivity index (χ3n) is 11.0. The second kappa shape index (κ2) is 16.8. The number of hydrogen-bond donors (Lipinski definition) is 4. The molecular weight excluding hydrogens is 622 g/mol. The topological polar surface area (TPSA) is 155 Å². The zero-order valence-corrected chi connectivity index (χ0v) is 29.8. The molecule has 4 N–H and O–H groups in total. The number of likely N-dealkylation sites (tertiary alicyclic amines) is 1. The Morgan fingerprint density at radius 3 is 2.26 bits per heavy atom. The number of carbonyl (C=O) groups is 5. The van der Waals surface area contributed by atoms with Gasteiger partial charge in [-0.25, -0.2) is 9.68 Å². The van der Waals surface area contributed by atoms with E-state index in [2.05, 4.69) is 35.1 Å². The van der Waals surface area contributed by atoms with Crippen LogP contribution in [0.25, 0.3) is 0 Å². The Balaban J connectivity index is 1.53. The highest BCUT2D eigenvalue weighted by Gasteiger charge is 2.69. The van der Waals surface area contributed by atoms with E-state index in [-0.39, 0.29) is 35.1 Å². The smallest absolute Gasteiger partial charge is 0.315 e. The van der Waals surface area contributed by atoms with Gasteiger partial charge in [-0.05, 0) is 61.7 Å². The first kappa shape index (κ1) is 37.4. The van der Waals surface area contributed by atoms with Gasteiger partial charge in [0.15, 0.2) is 0 Å². The summed E-state index contributed by atoms with van der Waals surface area (Å²) in [5.41, 5.74) is -0.611. The van der Waals surface area contributed by atoms with Crippen molar-refractivity contribution in [1.29, 1.82) is 0 Å². The molecule has 1 aliphatic heterocycles. The number of urea groups is 1. The van der Waals surface area contributed by atoms with Gasteiger partial charge < -0.3 is 26.2 Å². The van der Waals surface area contributed by atoms with Gasteiger partial charge in [-0.2, -0.15) is 4.33 Å². The number of nitrogens with zero attached hydrogens (tertiary/aromatic N) is 1. The van der Waals surface area contributed by atoms with Crippen LogP contribution in [-0.2, 0) is 28.4 Å². The maximum Gasteiger partial charge on any atom is 0.315 e. The third-order valence-corrected chi connectivity index (χ3v) is 11.9. The van der Waals surface area contributed by atoms with Gasteiger partial charge in [0.05, 0.1) is 18.7 Å². The predicted molar refractivity (Wildman–Crippen MR) is 180 cm³/mol. The normalized spacial score (nSPS) is 26.0. The van der Waals surface area contributed by atoms with E-state index in [0.717, 1.165) is 76.3 Å². The van der Waals surface area contributed by atoms with Crippen LogP contribution in [0.3, 0.4) is 0 Å². The Hall–Kier alpha value is -2.38. The minimum atomic E-state index is -0.966. The lowest BCUT2D eigenvalue weighted by Crippen LogP contribution is -2.62. The van der Waals surface area contributed by atoms with Crippen molar-refractivity contribution < 1.29 is 33.2 Å². The molecule has 5 amide bonds. The molecule has 266 valence electrons. The van der Waals surface area contributed by atoms with Crippen molar-refractivity contribution in [3.8, 4) is 0 Å². The SMILES string of the molecule is CCCNC(=O)C(=O)C(CCC)NC(=O)[C@@H]1[C@@H]2C(CN1C(=O)[C@@H](NC(=O)NC1(CSOOC)CCCCC1)C1CCCCC1)C2(C)C. The number of piperidine rings is 1. The Morgan fingerprint density at radius 1 is 0.936 bits per heavy atom. The number of Topliss-reactive ketones (excluding diaryl/α,β-unsaturated/α-hetero) is 1. The van der Waals surface area contributed by atoms with Crippen molar-refractivity contribution in [3.63, 3.8) is 0 Å². The zero-order chi connectivity index (χ0) is 34.2. The molecule has 3 aliphatic carbocycles. The quantitative estimate of drug-likeness (QED) is 0.0627. The number of ketones is 1. The second-order valence-corrected chi connectivity index (χ2v) is 15.3. The lowest BCUT2D eigenvalue weighted by atomic mass is 9.82. The van der Waals surface area contributed by atoms with Crippen LogP contribution in [0.4, 0.5) is 4.79 Å². The van der Waals surface area contributed by atoms with Gasteiger partial charge in [-0.1, -0.05) is 72.6 Å². The van der Waals surface area contributed by atoms with E-state index < -0.39 is 41.3 Å². The molecule has 0 aromatic heterocycles. The molecule has 0 bridgehead atoms. The molecule has 0 aromatic carbocycles. The van der Waals surface area contributed by atoms with Gasteiger partial charge in [0.25, 0.3) is 5.91 Å². The highest BCUT2D eigenvalue weighted by molar-refractivity contribution is 7.94. The molecule has 0 aromatic rings. The molecule has 2 unspecified atom stereocenters. The largest absolute Gasteiger partial charge is 0.349 e. The van der Waals surface area contributed by atoms with Crippen LogP contribution < -0.4 is 21.3 Å². The van der Waals surface area contributed by atoms with E-state index in [1.54, 1.807) is 4.90 Å². The van der Waals surface area contributed by atoms with Crippen LogP contribution in [0.15, 0.2) is 0 Å². The summed E-state index contributed by atoms with van der Waals surface area (Å²) in [5.74, 6) is -1.47. The average molecular weight is 680 g/mol. The maximum atomic E-state index is 14.6. The van der Waals surface area contributed by atoms with Crippen LogP contribution in [-0.4, -0.2) is 84.1 Å². The van der Waals surface area contributed by atoms with E-state index in [1.807, 2.05) is 13.8 Å². The fraction of sp³-hybridized carbons (Fsp3) is 0.853. The first-order valence-electron chi connectivity index (χ1n) is 17.8. The summed E-state index contributed by atoms with van der Waals surface area (Å²) >= 11 is 1.16. The molecule has 0 radical (unpaired) electrons. The fourth-order valence-electron chi connectivity index (χ4n) is 8.28. The van der Waals surface area contributed by atoms with Gasteiger partial charge in [0.1, 0.15) is 12.1 Å². The highest BCUT2D eigenvalue weighted by Crippen LogP contribution is 2.65. The van der Waals surface area contributed by atoms with Crippen molar-refractivity contribution in [2.75, 3.05) is 26.0 Å². The van der Waals surface area contributed by atoms with Crippen LogP contribution in [0, 0.1) is 23.2 Å². The summed E-state index contributed by atoms with van der Waals surface area (Å²) in [6, 6.07) is -2.91. The van der Waals surface area contributed by atoms with Crippen molar-refractivity contribution in [3.05, 3.63) is 0 Å². The second-order valence-electron chi connectivity index (χ2n) is 14.7. The zero-order valence-electron chi connectivity index (χ0n) is 29.0. The third kappa shape index (κ3) is 9.00. The maximum absolute atomic E-state index is 14.6. The minimum Gasteiger partial charge on any atom is -0.349 e. The molecule has 13 heteroatoms. The Labute approximate surface area is 284 Å². The van der Waals surface area contributed by atoms with E-state index in [4.69, 9.17) is 9.22 Å². The number of hydrogen-bond acceptors (Lipinski definition) is 8. The molecule has 4 fully saturated rings. The number of fused-ring (bicyclic) bond motifs is 1. The summed E-state index contributed by atoms with van der Waals surface area (Å²) in [6.45, 7) is 8.81. The van der Waals surface area contributed by atoms with Crippen molar-refractivity contribution in [2.45, 2.75) is 135 Å². The number of nitrogens with one attached hydrogen (secondary N) is 4. The summed E-state index contributed by atoms with van der Waals surface area (Å²) in [4.78, 5) is 74.3.